The summed E-state index contributed by atoms with van der Waals surface area (Å²) in [6.07, 6.45) is 1.88. The lowest BCUT2D eigenvalue weighted by Crippen LogP contribution is -2.16. The Kier molecular flexibility index (Phi) is 8.73. The van der Waals surface area contributed by atoms with Gasteiger partial charge in [-0.15, -0.1) is 0 Å². The third kappa shape index (κ3) is 6.25. The molecular formula is C26H26BrCl2N3O2. The number of nitrogens with one attached hydrogen (secondary N) is 2. The Balaban J connectivity index is 1.33. The molecule has 0 bridgehead atoms. The first-order chi connectivity index (χ1) is 16.5. The minimum Gasteiger partial charge on any atom is -0.490 e. The Hall–Kier alpha value is -2.25. The molecule has 5 nitrogen and oxygen atoms in total. The molecule has 1 aromatic heterocycles. The average Bonchev–Trinajstić information content (AvgIpc) is 3.23. The molecule has 3 aromatic carbocycles. The molecule has 0 fully saturated rings. The normalized spacial score (nSPS) is 11.2. The van der Waals surface area contributed by atoms with Gasteiger partial charge in [0.25, 0.3) is 0 Å². The summed E-state index contributed by atoms with van der Waals surface area (Å²) in [5.41, 5.74) is 3.94. The number of benzene rings is 3. The van der Waals surface area contributed by atoms with Crippen LogP contribution in [0.5, 0.6) is 11.5 Å². The number of hydrogen-bond donors (Lipinski definition) is 2. The van der Waals surface area contributed by atoms with Gasteiger partial charge in [0.15, 0.2) is 11.5 Å². The van der Waals surface area contributed by atoms with Crippen LogP contribution in [0, 0.1) is 0 Å². The molecule has 0 aliphatic rings. The summed E-state index contributed by atoms with van der Waals surface area (Å²) in [7, 11) is 0. The first-order valence-electron chi connectivity index (χ1n) is 11.2. The van der Waals surface area contributed by atoms with Gasteiger partial charge in [-0.3, -0.25) is 0 Å². The molecule has 0 aliphatic carbocycles. The first kappa shape index (κ1) is 24.9. The third-order valence-electron chi connectivity index (χ3n) is 5.33. The van der Waals surface area contributed by atoms with Crippen molar-refractivity contribution in [3.8, 4) is 11.5 Å². The van der Waals surface area contributed by atoms with Crippen molar-refractivity contribution in [1.82, 2.24) is 15.3 Å². The number of nitrogens with zero attached hydrogens (tertiary/aromatic N) is 1. The highest BCUT2D eigenvalue weighted by Crippen LogP contribution is 2.38. The summed E-state index contributed by atoms with van der Waals surface area (Å²) in [4.78, 5) is 8.01. The molecule has 4 rings (SSSR count). The van der Waals surface area contributed by atoms with Crippen LogP contribution in [0.2, 0.25) is 10.0 Å². The van der Waals surface area contributed by atoms with Gasteiger partial charge in [0.2, 0.25) is 0 Å². The topological polar surface area (TPSA) is 59.2 Å². The van der Waals surface area contributed by atoms with Crippen LogP contribution in [-0.2, 0) is 19.6 Å². The summed E-state index contributed by atoms with van der Waals surface area (Å²) >= 11 is 16.2. The summed E-state index contributed by atoms with van der Waals surface area (Å²) in [5.74, 6) is 2.33. The van der Waals surface area contributed by atoms with Crippen molar-refractivity contribution in [2.24, 2.45) is 0 Å². The number of ether oxygens (including phenoxy) is 2. The lowest BCUT2D eigenvalue weighted by Gasteiger charge is -2.16. The Labute approximate surface area is 217 Å². The lowest BCUT2D eigenvalue weighted by atomic mass is 10.2. The molecule has 0 unspecified atom stereocenters. The van der Waals surface area contributed by atoms with Crippen molar-refractivity contribution in [2.75, 3.05) is 13.2 Å². The zero-order chi connectivity index (χ0) is 23.9. The van der Waals surface area contributed by atoms with Crippen molar-refractivity contribution in [3.05, 3.63) is 86.1 Å². The monoisotopic (exact) mass is 561 g/mol. The van der Waals surface area contributed by atoms with Crippen LogP contribution in [0.4, 0.5) is 0 Å². The molecule has 0 spiro atoms. The van der Waals surface area contributed by atoms with Gasteiger partial charge in [0, 0.05) is 28.6 Å². The standard InChI is InChI=1S/C26H26BrCl2N3O2/c1-2-33-24-14-17(13-19(27)26(24)34-16-18-20(28)7-5-8-21(18)29)15-30-12-6-11-25-31-22-9-3-4-10-23(22)32-25/h3-5,7-10,13-14,30H,2,6,11-12,15-16H2,1H3,(H,31,32). The van der Waals surface area contributed by atoms with E-state index in [2.05, 4.69) is 31.2 Å². The summed E-state index contributed by atoms with van der Waals surface area (Å²) in [6, 6.07) is 17.6. The minimum absolute atomic E-state index is 0.247. The molecule has 0 amide bonds. The molecule has 178 valence electrons. The lowest BCUT2D eigenvalue weighted by molar-refractivity contribution is 0.267. The quantitative estimate of drug-likeness (QED) is 0.188. The fourth-order valence-corrected chi connectivity index (χ4v) is 4.79. The predicted molar refractivity (Wildman–Crippen MR) is 142 cm³/mol. The molecule has 0 aliphatic heterocycles. The molecule has 2 N–H and O–H groups in total. The van der Waals surface area contributed by atoms with E-state index in [0.29, 0.717) is 28.2 Å². The molecule has 34 heavy (non-hydrogen) atoms. The third-order valence-corrected chi connectivity index (χ3v) is 6.62. The SMILES string of the molecule is CCOc1cc(CNCCCc2nc3ccccc3[nH]2)cc(Br)c1OCc1c(Cl)cccc1Cl. The first-order valence-corrected chi connectivity index (χ1v) is 12.7. The van der Waals surface area contributed by atoms with Gasteiger partial charge in [-0.05, 0) is 77.8 Å². The molecule has 8 heteroatoms. The van der Waals surface area contributed by atoms with Crippen molar-refractivity contribution < 1.29 is 9.47 Å². The van der Waals surface area contributed by atoms with Gasteiger partial charge in [0.1, 0.15) is 12.4 Å². The Morgan fingerprint density at radius 2 is 1.82 bits per heavy atom. The van der Waals surface area contributed by atoms with E-state index in [-0.39, 0.29) is 6.61 Å². The number of aromatic amines is 1. The molecule has 0 saturated carbocycles. The van der Waals surface area contributed by atoms with Crippen LogP contribution in [0.15, 0.2) is 59.1 Å². The largest absolute Gasteiger partial charge is 0.490 e. The zero-order valence-electron chi connectivity index (χ0n) is 18.8. The number of imidazole rings is 1. The van der Waals surface area contributed by atoms with Gasteiger partial charge >= 0.3 is 0 Å². The van der Waals surface area contributed by atoms with E-state index in [9.17, 15) is 0 Å². The second-order valence-electron chi connectivity index (χ2n) is 7.81. The number of aryl methyl sites for hydroxylation is 1. The van der Waals surface area contributed by atoms with Crippen molar-refractivity contribution >= 4 is 50.2 Å². The number of H-pyrrole nitrogens is 1. The summed E-state index contributed by atoms with van der Waals surface area (Å²) in [6.45, 7) is 4.32. The fraction of sp³-hybridized carbons (Fsp3) is 0.269. The van der Waals surface area contributed by atoms with Gasteiger partial charge < -0.3 is 19.8 Å². The minimum atomic E-state index is 0.247. The van der Waals surface area contributed by atoms with Crippen LogP contribution in [0.25, 0.3) is 11.0 Å². The van der Waals surface area contributed by atoms with Crippen LogP contribution in [-0.4, -0.2) is 23.1 Å². The smallest absolute Gasteiger partial charge is 0.175 e. The zero-order valence-corrected chi connectivity index (χ0v) is 21.9. The number of halogens is 3. The predicted octanol–water partition coefficient (Wildman–Crippen LogP) is 7.33. The molecule has 1 heterocycles. The highest BCUT2D eigenvalue weighted by atomic mass is 79.9. The number of hydrogen-bond acceptors (Lipinski definition) is 4. The molecule has 0 atom stereocenters. The number of rotatable bonds is 11. The van der Waals surface area contributed by atoms with Crippen molar-refractivity contribution in [3.63, 3.8) is 0 Å². The maximum Gasteiger partial charge on any atom is 0.175 e. The highest BCUT2D eigenvalue weighted by molar-refractivity contribution is 9.10. The van der Waals surface area contributed by atoms with Crippen LogP contribution >= 0.6 is 39.1 Å². The Bertz CT molecular complexity index is 1210. The second kappa shape index (κ2) is 11.9. The highest BCUT2D eigenvalue weighted by Gasteiger charge is 2.14. The van der Waals surface area contributed by atoms with E-state index in [1.165, 1.54) is 0 Å². The van der Waals surface area contributed by atoms with E-state index >= 15 is 0 Å². The van der Waals surface area contributed by atoms with Crippen LogP contribution < -0.4 is 14.8 Å². The fourth-order valence-electron chi connectivity index (χ4n) is 3.68. The molecular weight excluding hydrogens is 537 g/mol. The molecule has 0 radical (unpaired) electrons. The maximum atomic E-state index is 6.28. The Morgan fingerprint density at radius 3 is 2.59 bits per heavy atom. The number of fused-ring (bicyclic) bond motifs is 1. The van der Waals surface area contributed by atoms with E-state index in [1.54, 1.807) is 12.1 Å². The average molecular weight is 563 g/mol. The van der Waals surface area contributed by atoms with E-state index in [4.69, 9.17) is 32.7 Å². The van der Waals surface area contributed by atoms with Crippen molar-refractivity contribution in [2.45, 2.75) is 32.9 Å². The molecule has 4 aromatic rings. The van der Waals surface area contributed by atoms with Crippen LogP contribution in [0.1, 0.15) is 30.3 Å². The molecule has 0 saturated heterocycles. The van der Waals surface area contributed by atoms with Gasteiger partial charge in [-0.2, -0.15) is 0 Å². The van der Waals surface area contributed by atoms with Crippen LogP contribution in [0.3, 0.4) is 0 Å². The Morgan fingerprint density at radius 1 is 1.03 bits per heavy atom. The number of aromatic nitrogens is 2. The number of para-hydroxylation sites is 2. The van der Waals surface area contributed by atoms with E-state index in [0.717, 1.165) is 58.4 Å². The maximum absolute atomic E-state index is 6.28. The van der Waals surface area contributed by atoms with E-state index < -0.39 is 0 Å². The van der Waals surface area contributed by atoms with Gasteiger partial charge in [-0.1, -0.05) is 41.4 Å². The van der Waals surface area contributed by atoms with Crippen molar-refractivity contribution in [1.29, 1.82) is 0 Å². The summed E-state index contributed by atoms with van der Waals surface area (Å²) < 4.78 is 12.7. The summed E-state index contributed by atoms with van der Waals surface area (Å²) in [5, 5.41) is 4.65. The van der Waals surface area contributed by atoms with E-state index in [1.807, 2.05) is 49.4 Å². The van der Waals surface area contributed by atoms with Gasteiger partial charge in [0.05, 0.1) is 22.1 Å². The second-order valence-corrected chi connectivity index (χ2v) is 9.48. The van der Waals surface area contributed by atoms with Gasteiger partial charge in [-0.25, -0.2) is 4.98 Å².